The molecule has 0 aromatic carbocycles. The van der Waals surface area contributed by atoms with Crippen LogP contribution in [0.2, 0.25) is 0 Å². The van der Waals surface area contributed by atoms with Crippen LogP contribution in [-0.2, 0) is 11.3 Å². The van der Waals surface area contributed by atoms with Crippen LogP contribution < -0.4 is 15.5 Å². The summed E-state index contributed by atoms with van der Waals surface area (Å²) in [5.41, 5.74) is 1.03. The zero-order valence-electron chi connectivity index (χ0n) is 13.5. The van der Waals surface area contributed by atoms with Gasteiger partial charge >= 0.3 is 0 Å². The number of unbranched alkanes of at least 4 members (excludes halogenated alkanes) is 1. The second-order valence-electron chi connectivity index (χ2n) is 4.77. The predicted molar refractivity (Wildman–Crippen MR) is 90.4 cm³/mol. The molecule has 120 valence electrons. The minimum atomic E-state index is 0.683. The van der Waals surface area contributed by atoms with Gasteiger partial charge in [-0.3, -0.25) is 4.99 Å². The number of thiazole rings is 1. The number of hydrogen-bond acceptors (Lipinski definition) is 5. The summed E-state index contributed by atoms with van der Waals surface area (Å²) in [6.07, 6.45) is 2.14. The molecule has 0 aliphatic heterocycles. The summed E-state index contributed by atoms with van der Waals surface area (Å²) in [5, 5.41) is 9.65. The van der Waals surface area contributed by atoms with E-state index in [0.29, 0.717) is 6.54 Å². The van der Waals surface area contributed by atoms with Crippen molar-refractivity contribution in [3.63, 3.8) is 0 Å². The largest absolute Gasteiger partial charge is 0.382 e. The zero-order chi connectivity index (χ0) is 15.5. The third-order valence-corrected chi connectivity index (χ3v) is 3.85. The summed E-state index contributed by atoms with van der Waals surface area (Å²) in [4.78, 5) is 10.7. The van der Waals surface area contributed by atoms with E-state index in [0.717, 1.165) is 49.4 Å². The van der Waals surface area contributed by atoms with Gasteiger partial charge in [0.1, 0.15) is 0 Å². The zero-order valence-corrected chi connectivity index (χ0v) is 14.3. The van der Waals surface area contributed by atoms with Gasteiger partial charge in [-0.2, -0.15) is 0 Å². The number of nitrogens with zero attached hydrogens (tertiary/aromatic N) is 3. The van der Waals surface area contributed by atoms with Gasteiger partial charge < -0.3 is 20.3 Å². The Balaban J connectivity index is 2.21. The number of ether oxygens (including phenoxy) is 1. The van der Waals surface area contributed by atoms with E-state index < -0.39 is 0 Å². The van der Waals surface area contributed by atoms with Crippen molar-refractivity contribution in [3.05, 3.63) is 11.1 Å². The van der Waals surface area contributed by atoms with Gasteiger partial charge in [-0.1, -0.05) is 0 Å². The molecule has 0 amide bonds. The minimum absolute atomic E-state index is 0.683. The van der Waals surface area contributed by atoms with Crippen LogP contribution in [0.15, 0.2) is 10.4 Å². The first kappa shape index (κ1) is 17.7. The molecular weight excluding hydrogens is 286 g/mol. The summed E-state index contributed by atoms with van der Waals surface area (Å²) in [5.74, 6) is 0.811. The molecule has 0 saturated heterocycles. The molecule has 0 spiro atoms. The van der Waals surface area contributed by atoms with Crippen molar-refractivity contribution in [3.8, 4) is 0 Å². The fourth-order valence-electron chi connectivity index (χ4n) is 1.66. The molecule has 0 saturated carbocycles. The van der Waals surface area contributed by atoms with Gasteiger partial charge in [-0.25, -0.2) is 4.98 Å². The molecular formula is C14H27N5OS. The second kappa shape index (κ2) is 10.4. The topological polar surface area (TPSA) is 61.8 Å². The molecule has 6 nitrogen and oxygen atoms in total. The van der Waals surface area contributed by atoms with Crippen molar-refractivity contribution in [1.29, 1.82) is 0 Å². The Kier molecular flexibility index (Phi) is 8.77. The molecule has 0 bridgehead atoms. The Morgan fingerprint density at radius 1 is 1.38 bits per heavy atom. The molecule has 0 aliphatic rings. The molecule has 7 heteroatoms. The lowest BCUT2D eigenvalue weighted by Gasteiger charge is -2.11. The van der Waals surface area contributed by atoms with E-state index >= 15 is 0 Å². The molecule has 21 heavy (non-hydrogen) atoms. The summed E-state index contributed by atoms with van der Waals surface area (Å²) in [7, 11) is 5.78. The lowest BCUT2D eigenvalue weighted by atomic mass is 10.3. The van der Waals surface area contributed by atoms with E-state index in [-0.39, 0.29) is 0 Å². The average molecular weight is 313 g/mol. The predicted octanol–water partition coefficient (Wildman–Crippen LogP) is 1.69. The van der Waals surface area contributed by atoms with Gasteiger partial charge in [0.25, 0.3) is 0 Å². The fourth-order valence-corrected chi connectivity index (χ4v) is 2.42. The number of nitrogens with one attached hydrogen (secondary N) is 2. The van der Waals surface area contributed by atoms with E-state index in [2.05, 4.69) is 26.0 Å². The van der Waals surface area contributed by atoms with E-state index in [1.807, 2.05) is 25.9 Å². The first-order valence-electron chi connectivity index (χ1n) is 7.31. The quantitative estimate of drug-likeness (QED) is 0.413. The maximum Gasteiger partial charge on any atom is 0.191 e. The number of guanidine groups is 1. The van der Waals surface area contributed by atoms with Crippen LogP contribution in [-0.4, -0.2) is 51.8 Å². The number of hydrogen-bond donors (Lipinski definition) is 2. The van der Waals surface area contributed by atoms with Gasteiger partial charge in [0.15, 0.2) is 11.1 Å². The Labute approximate surface area is 131 Å². The highest BCUT2D eigenvalue weighted by molar-refractivity contribution is 7.13. The first-order valence-corrected chi connectivity index (χ1v) is 8.19. The van der Waals surface area contributed by atoms with Gasteiger partial charge in [0.2, 0.25) is 0 Å². The average Bonchev–Trinajstić information content (AvgIpc) is 2.95. The van der Waals surface area contributed by atoms with E-state index in [4.69, 9.17) is 4.74 Å². The highest BCUT2D eigenvalue weighted by Crippen LogP contribution is 2.17. The lowest BCUT2D eigenvalue weighted by Crippen LogP contribution is -2.37. The van der Waals surface area contributed by atoms with Crippen molar-refractivity contribution in [2.24, 2.45) is 4.99 Å². The van der Waals surface area contributed by atoms with Gasteiger partial charge in [-0.05, 0) is 19.8 Å². The van der Waals surface area contributed by atoms with Gasteiger partial charge in [-0.15, -0.1) is 11.3 Å². The molecule has 0 fully saturated rings. The summed E-state index contributed by atoms with van der Waals surface area (Å²) in [6, 6.07) is 0. The second-order valence-corrected chi connectivity index (χ2v) is 5.61. The van der Waals surface area contributed by atoms with E-state index in [1.54, 1.807) is 18.4 Å². The summed E-state index contributed by atoms with van der Waals surface area (Å²) >= 11 is 1.65. The minimum Gasteiger partial charge on any atom is -0.382 e. The lowest BCUT2D eigenvalue weighted by molar-refractivity contribution is 0.143. The van der Waals surface area contributed by atoms with Crippen LogP contribution in [0.1, 0.15) is 25.5 Å². The van der Waals surface area contributed by atoms with E-state index in [1.165, 1.54) is 0 Å². The molecule has 1 aromatic rings. The van der Waals surface area contributed by atoms with Crippen LogP contribution >= 0.6 is 11.3 Å². The maximum atomic E-state index is 5.31. The van der Waals surface area contributed by atoms with Crippen LogP contribution in [0.25, 0.3) is 0 Å². The van der Waals surface area contributed by atoms with E-state index in [9.17, 15) is 0 Å². The maximum absolute atomic E-state index is 5.31. The van der Waals surface area contributed by atoms with Crippen LogP contribution in [0, 0.1) is 0 Å². The Bertz CT molecular complexity index is 419. The molecule has 0 radical (unpaired) electrons. The highest BCUT2D eigenvalue weighted by atomic mass is 32.1. The van der Waals surface area contributed by atoms with Crippen molar-refractivity contribution in [2.75, 3.05) is 45.8 Å². The van der Waals surface area contributed by atoms with Gasteiger partial charge in [0, 0.05) is 46.3 Å². The molecule has 1 aromatic heterocycles. The standard InChI is InChI=1S/C14H27N5OS/c1-5-20-9-7-6-8-16-13(15-2)17-10-12-11-21-14(18-12)19(3)4/h11H,5-10H2,1-4H3,(H2,15,16,17). The fraction of sp³-hybridized carbons (Fsp3) is 0.714. The molecule has 0 aliphatic carbocycles. The van der Waals surface area contributed by atoms with Crippen molar-refractivity contribution in [1.82, 2.24) is 15.6 Å². The van der Waals surface area contributed by atoms with Crippen LogP contribution in [0.4, 0.5) is 5.13 Å². The Morgan fingerprint density at radius 3 is 2.81 bits per heavy atom. The SMILES string of the molecule is CCOCCCCNC(=NC)NCc1csc(N(C)C)n1. The number of aromatic nitrogens is 1. The Morgan fingerprint density at radius 2 is 2.19 bits per heavy atom. The molecule has 0 unspecified atom stereocenters. The summed E-state index contributed by atoms with van der Waals surface area (Å²) in [6.45, 7) is 5.22. The van der Waals surface area contributed by atoms with Crippen molar-refractivity contribution < 1.29 is 4.74 Å². The summed E-state index contributed by atoms with van der Waals surface area (Å²) < 4.78 is 5.31. The molecule has 0 atom stereocenters. The normalized spacial score (nSPS) is 11.5. The molecule has 1 rings (SSSR count). The Hall–Kier alpha value is -1.34. The number of aliphatic imine (C=N–C) groups is 1. The molecule has 2 N–H and O–H groups in total. The van der Waals surface area contributed by atoms with Gasteiger partial charge in [0.05, 0.1) is 12.2 Å². The number of rotatable bonds is 9. The van der Waals surface area contributed by atoms with Crippen molar-refractivity contribution >= 4 is 22.4 Å². The smallest absolute Gasteiger partial charge is 0.191 e. The van der Waals surface area contributed by atoms with Crippen molar-refractivity contribution in [2.45, 2.75) is 26.3 Å². The molecule has 1 heterocycles. The van der Waals surface area contributed by atoms with Crippen LogP contribution in [0.5, 0.6) is 0 Å². The monoisotopic (exact) mass is 313 g/mol. The third kappa shape index (κ3) is 7.29. The first-order chi connectivity index (χ1) is 10.2. The highest BCUT2D eigenvalue weighted by Gasteiger charge is 2.04. The third-order valence-electron chi connectivity index (χ3n) is 2.79. The van der Waals surface area contributed by atoms with Crippen LogP contribution in [0.3, 0.4) is 0 Å². The number of anilines is 1.